The van der Waals surface area contributed by atoms with E-state index in [2.05, 4.69) is 0 Å². The molecule has 1 aromatic rings. The minimum Gasteiger partial charge on any atom is -0.369 e. The average Bonchev–Trinajstić information content (AvgIpc) is 3.20. The first-order valence-corrected chi connectivity index (χ1v) is 11.3. The second-order valence-corrected chi connectivity index (χ2v) is 8.98. The van der Waals surface area contributed by atoms with Crippen molar-refractivity contribution in [2.45, 2.75) is 32.1 Å². The third-order valence-corrected chi connectivity index (χ3v) is 6.98. The van der Waals surface area contributed by atoms with Crippen LogP contribution < -0.4 is 10.6 Å². The largest absolute Gasteiger partial charge is 0.369 e. The summed E-state index contributed by atoms with van der Waals surface area (Å²) in [5, 5.41) is 0. The van der Waals surface area contributed by atoms with E-state index in [4.69, 9.17) is 5.73 Å². The van der Waals surface area contributed by atoms with Gasteiger partial charge in [-0.3, -0.25) is 19.2 Å². The highest BCUT2D eigenvalue weighted by Crippen LogP contribution is 2.29. The normalized spacial score (nSPS) is 23.0. The Morgan fingerprint density at radius 3 is 1.84 bits per heavy atom. The van der Waals surface area contributed by atoms with Crippen LogP contribution in [0.25, 0.3) is 0 Å². The fourth-order valence-electron chi connectivity index (χ4n) is 4.99. The zero-order valence-corrected chi connectivity index (χ0v) is 18.0. The van der Waals surface area contributed by atoms with Crippen LogP contribution in [0.4, 0.5) is 10.1 Å². The second-order valence-electron chi connectivity index (χ2n) is 8.98. The number of likely N-dealkylation sites (tertiary alicyclic amines) is 2. The summed E-state index contributed by atoms with van der Waals surface area (Å²) in [6, 6.07) is 5.69. The topological polar surface area (TPSA) is 104 Å². The molecule has 3 saturated heterocycles. The summed E-state index contributed by atoms with van der Waals surface area (Å²) >= 11 is 0. The summed E-state index contributed by atoms with van der Waals surface area (Å²) in [5.74, 6) is -1.47. The first kappa shape index (κ1) is 22.2. The second kappa shape index (κ2) is 9.26. The summed E-state index contributed by atoms with van der Waals surface area (Å²) in [6.07, 6.45) is 2.56. The van der Waals surface area contributed by atoms with Crippen molar-refractivity contribution >= 4 is 29.3 Å². The first-order chi connectivity index (χ1) is 15.3. The molecule has 0 aliphatic carbocycles. The summed E-state index contributed by atoms with van der Waals surface area (Å²) < 4.78 is 13.2. The van der Waals surface area contributed by atoms with Crippen LogP contribution in [0.2, 0.25) is 0 Å². The molecule has 3 aliphatic rings. The van der Waals surface area contributed by atoms with Gasteiger partial charge in [0.2, 0.25) is 23.6 Å². The van der Waals surface area contributed by atoms with Crippen molar-refractivity contribution in [2.75, 3.05) is 37.6 Å². The molecule has 32 heavy (non-hydrogen) atoms. The van der Waals surface area contributed by atoms with Crippen molar-refractivity contribution in [3.8, 4) is 0 Å². The van der Waals surface area contributed by atoms with Gasteiger partial charge in [-0.05, 0) is 49.9 Å². The van der Waals surface area contributed by atoms with Crippen molar-refractivity contribution in [1.29, 1.82) is 0 Å². The van der Waals surface area contributed by atoms with E-state index in [1.165, 1.54) is 17.0 Å². The fourth-order valence-corrected chi connectivity index (χ4v) is 4.99. The smallest absolute Gasteiger partial charge is 0.228 e. The summed E-state index contributed by atoms with van der Waals surface area (Å²) in [5.41, 5.74) is 5.96. The standard InChI is InChI=1S/C23H29FN4O4/c24-18-1-3-19(4-2-18)28-14-17(13-20(28)29)23(32)27-11-7-16(8-12-27)22(31)26-9-5-15(6-10-26)21(25)30/h1-4,15-17H,5-14H2,(H2,25,30). The van der Waals surface area contributed by atoms with Crippen molar-refractivity contribution in [1.82, 2.24) is 9.80 Å². The lowest BCUT2D eigenvalue weighted by molar-refractivity contribution is -0.143. The van der Waals surface area contributed by atoms with Crippen molar-refractivity contribution in [3.63, 3.8) is 0 Å². The van der Waals surface area contributed by atoms with Gasteiger partial charge in [0.25, 0.3) is 0 Å². The number of anilines is 1. The van der Waals surface area contributed by atoms with Gasteiger partial charge in [0.05, 0.1) is 5.92 Å². The molecule has 3 aliphatic heterocycles. The first-order valence-electron chi connectivity index (χ1n) is 11.3. The molecule has 1 unspecified atom stereocenters. The number of nitrogens with two attached hydrogens (primary N) is 1. The van der Waals surface area contributed by atoms with Crippen LogP contribution in [0.1, 0.15) is 32.1 Å². The Labute approximate surface area is 186 Å². The quantitative estimate of drug-likeness (QED) is 0.752. The molecule has 4 amide bonds. The monoisotopic (exact) mass is 444 g/mol. The van der Waals surface area contributed by atoms with Gasteiger partial charge in [-0.15, -0.1) is 0 Å². The minimum absolute atomic E-state index is 0.0591. The number of hydrogen-bond donors (Lipinski definition) is 1. The minimum atomic E-state index is -0.423. The number of primary amides is 1. The Bertz CT molecular complexity index is 890. The number of halogens is 1. The van der Waals surface area contributed by atoms with E-state index in [9.17, 15) is 23.6 Å². The number of rotatable bonds is 4. The van der Waals surface area contributed by atoms with Gasteiger partial charge in [0.15, 0.2) is 0 Å². The number of carbonyl (C=O) groups excluding carboxylic acids is 4. The molecular weight excluding hydrogens is 415 g/mol. The molecular formula is C23H29FN4O4. The lowest BCUT2D eigenvalue weighted by Gasteiger charge is -2.37. The Hall–Kier alpha value is -2.97. The maximum absolute atomic E-state index is 13.2. The van der Waals surface area contributed by atoms with Crippen LogP contribution >= 0.6 is 0 Å². The number of piperidine rings is 2. The van der Waals surface area contributed by atoms with E-state index in [-0.39, 0.29) is 54.2 Å². The van der Waals surface area contributed by atoms with Crippen LogP contribution in [-0.2, 0) is 19.2 Å². The number of hydrogen-bond acceptors (Lipinski definition) is 4. The van der Waals surface area contributed by atoms with Crippen molar-refractivity contribution in [3.05, 3.63) is 30.1 Å². The molecule has 8 nitrogen and oxygen atoms in total. The third kappa shape index (κ3) is 4.61. The molecule has 0 aromatic heterocycles. The van der Waals surface area contributed by atoms with E-state index in [0.717, 1.165) is 0 Å². The molecule has 9 heteroatoms. The van der Waals surface area contributed by atoms with Gasteiger partial charge >= 0.3 is 0 Å². The van der Waals surface area contributed by atoms with Crippen LogP contribution in [0, 0.1) is 23.6 Å². The van der Waals surface area contributed by atoms with Crippen LogP contribution in [0.3, 0.4) is 0 Å². The maximum atomic E-state index is 13.2. The van der Waals surface area contributed by atoms with Crippen LogP contribution in [0.15, 0.2) is 24.3 Å². The predicted molar refractivity (Wildman–Crippen MR) is 115 cm³/mol. The zero-order valence-electron chi connectivity index (χ0n) is 18.0. The SMILES string of the molecule is NC(=O)C1CCN(C(=O)C2CCN(C(=O)C3CC(=O)N(c4ccc(F)cc4)C3)CC2)CC1. The Kier molecular flexibility index (Phi) is 6.43. The molecule has 0 spiro atoms. The van der Waals surface area contributed by atoms with E-state index < -0.39 is 5.92 Å². The molecule has 2 N–H and O–H groups in total. The van der Waals surface area contributed by atoms with Gasteiger partial charge in [-0.1, -0.05) is 0 Å². The molecule has 1 atom stereocenters. The van der Waals surface area contributed by atoms with E-state index >= 15 is 0 Å². The van der Waals surface area contributed by atoms with Gasteiger partial charge < -0.3 is 20.4 Å². The molecule has 172 valence electrons. The van der Waals surface area contributed by atoms with Crippen LogP contribution in [0.5, 0.6) is 0 Å². The van der Waals surface area contributed by atoms with Crippen molar-refractivity contribution < 1.29 is 23.6 Å². The molecule has 4 rings (SSSR count). The molecule has 3 heterocycles. The highest BCUT2D eigenvalue weighted by Gasteiger charge is 2.39. The third-order valence-electron chi connectivity index (χ3n) is 6.98. The number of amides is 4. The van der Waals surface area contributed by atoms with Gasteiger partial charge in [-0.2, -0.15) is 0 Å². The van der Waals surface area contributed by atoms with Gasteiger partial charge in [0.1, 0.15) is 5.82 Å². The van der Waals surface area contributed by atoms with Crippen molar-refractivity contribution in [2.24, 2.45) is 23.5 Å². The Morgan fingerprint density at radius 1 is 0.812 bits per heavy atom. The van der Waals surface area contributed by atoms with Gasteiger partial charge in [0, 0.05) is 56.7 Å². The zero-order chi connectivity index (χ0) is 22.8. The Balaban J connectivity index is 1.27. The number of benzene rings is 1. The molecule has 0 saturated carbocycles. The fraction of sp³-hybridized carbons (Fsp3) is 0.565. The lowest BCUT2D eigenvalue weighted by Crippen LogP contribution is -2.48. The van der Waals surface area contributed by atoms with Crippen LogP contribution in [-0.4, -0.2) is 66.2 Å². The van der Waals surface area contributed by atoms with Gasteiger partial charge in [-0.25, -0.2) is 4.39 Å². The molecule has 1 aromatic carbocycles. The van der Waals surface area contributed by atoms with E-state index in [1.54, 1.807) is 17.0 Å². The molecule has 0 bridgehead atoms. The summed E-state index contributed by atoms with van der Waals surface area (Å²) in [7, 11) is 0. The number of carbonyl (C=O) groups is 4. The van der Waals surface area contributed by atoms with E-state index in [1.807, 2.05) is 4.90 Å². The predicted octanol–water partition coefficient (Wildman–Crippen LogP) is 1.14. The molecule has 0 radical (unpaired) electrons. The summed E-state index contributed by atoms with van der Waals surface area (Å²) in [6.45, 7) is 2.38. The number of nitrogens with zero attached hydrogens (tertiary/aromatic N) is 3. The highest BCUT2D eigenvalue weighted by atomic mass is 19.1. The summed E-state index contributed by atoms with van der Waals surface area (Å²) in [4.78, 5) is 54.7. The van der Waals surface area contributed by atoms with E-state index in [0.29, 0.717) is 57.5 Å². The lowest BCUT2D eigenvalue weighted by atomic mass is 9.91. The Morgan fingerprint density at radius 2 is 1.31 bits per heavy atom. The highest BCUT2D eigenvalue weighted by molar-refractivity contribution is 6.00. The maximum Gasteiger partial charge on any atom is 0.228 e. The molecule has 3 fully saturated rings. The average molecular weight is 445 g/mol.